The van der Waals surface area contributed by atoms with Crippen LogP contribution in [0.1, 0.15) is 11.1 Å². The highest BCUT2D eigenvalue weighted by molar-refractivity contribution is 6.16. The number of hydrogen-bond donors (Lipinski definition) is 0. The fourth-order valence-electron chi connectivity index (χ4n) is 7.86. The van der Waals surface area contributed by atoms with Crippen molar-refractivity contribution < 1.29 is 0 Å². The molecule has 0 N–H and O–H groups in total. The van der Waals surface area contributed by atoms with E-state index in [0.717, 1.165) is 27.8 Å². The zero-order valence-electron chi connectivity index (χ0n) is 30.1. The number of fused-ring (bicyclic) bond motifs is 4. The van der Waals surface area contributed by atoms with E-state index in [-0.39, 0.29) is 0 Å². The minimum absolute atomic E-state index is 0.633. The second-order valence-electron chi connectivity index (χ2n) is 14.2. The minimum Gasteiger partial charge on any atom is -0.208 e. The molecule has 0 amide bonds. The van der Waals surface area contributed by atoms with E-state index in [1.807, 2.05) is 0 Å². The normalized spacial score (nSPS) is 11.5. The maximum absolute atomic E-state index is 5.24. The summed E-state index contributed by atoms with van der Waals surface area (Å²) in [6.07, 6.45) is 0. The van der Waals surface area contributed by atoms with Crippen molar-refractivity contribution in [2.24, 2.45) is 0 Å². The first-order valence-corrected chi connectivity index (χ1v) is 18.4. The van der Waals surface area contributed by atoms with E-state index < -0.39 is 0 Å². The summed E-state index contributed by atoms with van der Waals surface area (Å²) in [5.41, 5.74) is 9.83. The van der Waals surface area contributed by atoms with Crippen molar-refractivity contribution in [2.75, 3.05) is 0 Å². The zero-order valence-corrected chi connectivity index (χ0v) is 30.1. The summed E-state index contributed by atoms with van der Waals surface area (Å²) in [6, 6.07) is 63.2. The van der Waals surface area contributed by atoms with Crippen LogP contribution in [0.3, 0.4) is 0 Å². The lowest BCUT2D eigenvalue weighted by Crippen LogP contribution is -2.01. The first-order valence-electron chi connectivity index (χ1n) is 18.4. The molecule has 0 unspecified atom stereocenters. The summed E-state index contributed by atoms with van der Waals surface area (Å²) >= 11 is 0. The van der Waals surface area contributed by atoms with Crippen LogP contribution in [0.5, 0.6) is 0 Å². The van der Waals surface area contributed by atoms with E-state index >= 15 is 0 Å². The standard InChI is InChI=1S/C51H35N3/c1-32-19-23-34(24-20-32)49-52-50(35-25-21-33(2)22-26-35)54-51(53-49)42-30-40(47-43-15-7-3-11-36(43)27-37-12-4-8-16-44(37)47)29-41(31-42)48-45-17-9-5-13-38(45)28-39-14-6-10-18-46(39)48/h3-31H,1-2H3. The van der Waals surface area contributed by atoms with Crippen LogP contribution in [-0.4, -0.2) is 15.0 Å². The monoisotopic (exact) mass is 689 g/mol. The van der Waals surface area contributed by atoms with Gasteiger partial charge in [-0.25, -0.2) is 15.0 Å². The van der Waals surface area contributed by atoms with Crippen molar-refractivity contribution in [1.82, 2.24) is 15.0 Å². The molecule has 0 aliphatic heterocycles. The first-order chi connectivity index (χ1) is 26.6. The molecule has 0 atom stereocenters. The molecule has 54 heavy (non-hydrogen) atoms. The Kier molecular flexibility index (Phi) is 7.59. The molecule has 1 heterocycles. The minimum atomic E-state index is 0.633. The van der Waals surface area contributed by atoms with Gasteiger partial charge in [-0.3, -0.25) is 0 Å². The van der Waals surface area contributed by atoms with E-state index in [9.17, 15) is 0 Å². The fraction of sp³-hybridized carbons (Fsp3) is 0.0392. The van der Waals surface area contributed by atoms with Gasteiger partial charge in [-0.1, -0.05) is 157 Å². The lowest BCUT2D eigenvalue weighted by atomic mass is 9.87. The van der Waals surface area contributed by atoms with E-state index in [1.54, 1.807) is 0 Å². The SMILES string of the molecule is Cc1ccc(-c2nc(-c3ccc(C)cc3)nc(-c3cc(-c4c5ccccc5cc5ccccc45)cc(-c4c5ccccc5cc5ccccc45)c3)n2)cc1. The van der Waals surface area contributed by atoms with Crippen LogP contribution in [0.2, 0.25) is 0 Å². The number of hydrogen-bond acceptors (Lipinski definition) is 3. The van der Waals surface area contributed by atoms with E-state index in [2.05, 4.69) is 190 Å². The summed E-state index contributed by atoms with van der Waals surface area (Å²) < 4.78 is 0. The summed E-state index contributed by atoms with van der Waals surface area (Å²) in [7, 11) is 0. The van der Waals surface area contributed by atoms with Gasteiger partial charge in [0.2, 0.25) is 0 Å². The molecule has 1 aromatic heterocycles. The van der Waals surface area contributed by atoms with Gasteiger partial charge in [0.15, 0.2) is 17.5 Å². The maximum atomic E-state index is 5.24. The number of benzene rings is 9. The predicted octanol–water partition coefficient (Wildman–Crippen LogP) is 13.4. The second kappa shape index (κ2) is 12.9. The van der Waals surface area contributed by atoms with Gasteiger partial charge >= 0.3 is 0 Å². The van der Waals surface area contributed by atoms with Crippen LogP contribution in [0.15, 0.2) is 176 Å². The van der Waals surface area contributed by atoms with Gasteiger partial charge in [0.1, 0.15) is 0 Å². The third kappa shape index (κ3) is 5.58. The van der Waals surface area contributed by atoms with Gasteiger partial charge in [-0.15, -0.1) is 0 Å². The molecule has 3 nitrogen and oxygen atoms in total. The molecular weight excluding hydrogens is 655 g/mol. The van der Waals surface area contributed by atoms with Crippen LogP contribution in [0.25, 0.3) is 99.5 Å². The van der Waals surface area contributed by atoms with Crippen LogP contribution < -0.4 is 0 Å². The topological polar surface area (TPSA) is 38.7 Å². The Morgan fingerprint density at radius 2 is 0.574 bits per heavy atom. The van der Waals surface area contributed by atoms with Crippen molar-refractivity contribution in [2.45, 2.75) is 13.8 Å². The Hall–Kier alpha value is -6.97. The molecule has 254 valence electrons. The second-order valence-corrected chi connectivity index (χ2v) is 14.2. The lowest BCUT2D eigenvalue weighted by molar-refractivity contribution is 1.07. The van der Waals surface area contributed by atoms with Crippen LogP contribution in [0, 0.1) is 13.8 Å². The molecular formula is C51H35N3. The first kappa shape index (κ1) is 31.7. The number of aromatic nitrogens is 3. The molecule has 0 aliphatic carbocycles. The van der Waals surface area contributed by atoms with E-state index in [0.29, 0.717) is 17.5 Å². The highest BCUT2D eigenvalue weighted by atomic mass is 15.0. The van der Waals surface area contributed by atoms with Gasteiger partial charge in [0.05, 0.1) is 0 Å². The molecule has 0 aliphatic rings. The molecule has 0 bridgehead atoms. The maximum Gasteiger partial charge on any atom is 0.164 e. The molecule has 10 rings (SSSR count). The fourth-order valence-corrected chi connectivity index (χ4v) is 7.86. The molecule has 3 heteroatoms. The van der Waals surface area contributed by atoms with Crippen LogP contribution in [-0.2, 0) is 0 Å². The summed E-state index contributed by atoms with van der Waals surface area (Å²) in [5.74, 6) is 1.93. The Bertz CT molecular complexity index is 2740. The van der Waals surface area contributed by atoms with Crippen LogP contribution in [0.4, 0.5) is 0 Å². The molecule has 10 aromatic rings. The molecule has 9 aromatic carbocycles. The largest absolute Gasteiger partial charge is 0.208 e. The van der Waals surface area contributed by atoms with Crippen LogP contribution >= 0.6 is 0 Å². The van der Waals surface area contributed by atoms with E-state index in [1.165, 1.54) is 65.3 Å². The Balaban J connectivity index is 1.32. The third-order valence-electron chi connectivity index (χ3n) is 10.6. The average Bonchev–Trinajstić information content (AvgIpc) is 3.22. The van der Waals surface area contributed by atoms with E-state index in [4.69, 9.17) is 15.0 Å². The molecule has 0 saturated heterocycles. The van der Waals surface area contributed by atoms with Gasteiger partial charge in [-0.05, 0) is 110 Å². The highest BCUT2D eigenvalue weighted by Gasteiger charge is 2.19. The summed E-state index contributed by atoms with van der Waals surface area (Å²) in [4.78, 5) is 15.5. The molecule has 0 spiro atoms. The Morgan fingerprint density at radius 1 is 0.278 bits per heavy atom. The smallest absolute Gasteiger partial charge is 0.164 e. The van der Waals surface area contributed by atoms with Crippen molar-refractivity contribution in [3.8, 4) is 56.4 Å². The Labute approximate surface area is 314 Å². The number of nitrogens with zero attached hydrogens (tertiary/aromatic N) is 3. The van der Waals surface area contributed by atoms with Gasteiger partial charge in [0.25, 0.3) is 0 Å². The van der Waals surface area contributed by atoms with Crippen molar-refractivity contribution in [3.63, 3.8) is 0 Å². The van der Waals surface area contributed by atoms with Crippen molar-refractivity contribution >= 4 is 43.1 Å². The number of aryl methyl sites for hydroxylation is 2. The number of rotatable bonds is 5. The molecule has 0 saturated carbocycles. The summed E-state index contributed by atoms with van der Waals surface area (Å²) in [5, 5.41) is 9.65. The van der Waals surface area contributed by atoms with Crippen molar-refractivity contribution in [1.29, 1.82) is 0 Å². The van der Waals surface area contributed by atoms with Gasteiger partial charge in [-0.2, -0.15) is 0 Å². The van der Waals surface area contributed by atoms with Gasteiger partial charge in [0, 0.05) is 16.7 Å². The quantitative estimate of drug-likeness (QED) is 0.169. The predicted molar refractivity (Wildman–Crippen MR) is 227 cm³/mol. The highest BCUT2D eigenvalue weighted by Crippen LogP contribution is 2.43. The lowest BCUT2D eigenvalue weighted by Gasteiger charge is -2.18. The Morgan fingerprint density at radius 3 is 0.926 bits per heavy atom. The third-order valence-corrected chi connectivity index (χ3v) is 10.6. The van der Waals surface area contributed by atoms with Crippen molar-refractivity contribution in [3.05, 3.63) is 187 Å². The average molecular weight is 690 g/mol. The van der Waals surface area contributed by atoms with Gasteiger partial charge < -0.3 is 0 Å². The zero-order chi connectivity index (χ0) is 36.2. The molecule has 0 radical (unpaired) electrons. The molecule has 0 fully saturated rings. The summed E-state index contributed by atoms with van der Waals surface area (Å²) in [6.45, 7) is 4.20.